The minimum Gasteiger partial charge on any atom is -0.301 e. The van der Waals surface area contributed by atoms with E-state index in [0.717, 1.165) is 11.2 Å². The number of nitrogens with zero attached hydrogens (tertiary/aromatic N) is 2. The van der Waals surface area contributed by atoms with Crippen LogP contribution in [0, 0.1) is 0 Å². The number of hydrogen-bond donors (Lipinski definition) is 0. The highest BCUT2D eigenvalue weighted by Crippen LogP contribution is 2.50. The first kappa shape index (κ1) is 14.4. The lowest BCUT2D eigenvalue weighted by Crippen LogP contribution is -2.39. The van der Waals surface area contributed by atoms with Gasteiger partial charge in [-0.3, -0.25) is 0 Å². The summed E-state index contributed by atoms with van der Waals surface area (Å²) in [6, 6.07) is 19.8. The van der Waals surface area contributed by atoms with Gasteiger partial charge in [0, 0.05) is 22.4 Å². The molecule has 0 bridgehead atoms. The smallest absolute Gasteiger partial charge is 0.0760 e. The minimum atomic E-state index is 0.0389. The highest BCUT2D eigenvalue weighted by molar-refractivity contribution is 5.85. The van der Waals surface area contributed by atoms with Crippen molar-refractivity contribution < 1.29 is 0 Å². The van der Waals surface area contributed by atoms with Crippen molar-refractivity contribution in [3.05, 3.63) is 65.7 Å². The van der Waals surface area contributed by atoms with Gasteiger partial charge in [-0.15, -0.1) is 0 Å². The van der Waals surface area contributed by atoms with Gasteiger partial charge in [-0.25, -0.2) is 4.98 Å². The van der Waals surface area contributed by atoms with Crippen LogP contribution in [0.5, 0.6) is 0 Å². The fraction of sp³-hybridized carbons (Fsp3) is 0.286. The predicted octanol–water partition coefficient (Wildman–Crippen LogP) is 4.80. The lowest BCUT2D eigenvalue weighted by molar-refractivity contribution is 0.198. The molecule has 2 nitrogen and oxygen atoms in total. The number of para-hydroxylation sites is 1. The van der Waals surface area contributed by atoms with Crippen molar-refractivity contribution in [1.29, 1.82) is 0 Å². The van der Waals surface area contributed by atoms with Crippen LogP contribution in [-0.4, -0.2) is 24.0 Å². The van der Waals surface area contributed by atoms with E-state index in [9.17, 15) is 0 Å². The first-order valence-electron chi connectivity index (χ1n) is 8.16. The second-order valence-electron chi connectivity index (χ2n) is 7.25. The molecule has 0 saturated heterocycles. The molecule has 1 atom stereocenters. The Morgan fingerprint density at radius 1 is 0.957 bits per heavy atom. The molecule has 1 aliphatic carbocycles. The van der Waals surface area contributed by atoms with Gasteiger partial charge in [0.1, 0.15) is 0 Å². The number of fused-ring (bicyclic) bond motifs is 4. The second kappa shape index (κ2) is 4.90. The van der Waals surface area contributed by atoms with Crippen LogP contribution in [0.2, 0.25) is 0 Å². The Kier molecular flexibility index (Phi) is 3.07. The van der Waals surface area contributed by atoms with E-state index in [1.54, 1.807) is 0 Å². The van der Waals surface area contributed by atoms with Gasteiger partial charge in [-0.2, -0.15) is 0 Å². The fourth-order valence-electron chi connectivity index (χ4n) is 4.27. The predicted molar refractivity (Wildman–Crippen MR) is 96.6 cm³/mol. The summed E-state index contributed by atoms with van der Waals surface area (Å²) in [5, 5.41) is 1.22. The SMILES string of the molecule is CN(C)[C@@H]1c2cc3ccccc3nc2-c2ccccc2C1(C)C. The number of benzene rings is 2. The molecule has 1 aromatic heterocycles. The summed E-state index contributed by atoms with van der Waals surface area (Å²) in [7, 11) is 4.33. The average molecular weight is 302 g/mol. The molecule has 0 amide bonds. The highest BCUT2D eigenvalue weighted by atomic mass is 15.1. The van der Waals surface area contributed by atoms with E-state index in [1.807, 2.05) is 0 Å². The Labute approximate surface area is 137 Å². The average Bonchev–Trinajstić information content (AvgIpc) is 2.53. The Morgan fingerprint density at radius 3 is 2.43 bits per heavy atom. The summed E-state index contributed by atoms with van der Waals surface area (Å²) >= 11 is 0. The van der Waals surface area contributed by atoms with Crippen molar-refractivity contribution in [1.82, 2.24) is 9.88 Å². The fourth-order valence-corrected chi connectivity index (χ4v) is 4.27. The van der Waals surface area contributed by atoms with Gasteiger partial charge in [0.15, 0.2) is 0 Å². The van der Waals surface area contributed by atoms with Gasteiger partial charge in [-0.05, 0) is 37.4 Å². The van der Waals surface area contributed by atoms with Crippen LogP contribution in [0.25, 0.3) is 22.2 Å². The van der Waals surface area contributed by atoms with Gasteiger partial charge in [0.25, 0.3) is 0 Å². The van der Waals surface area contributed by atoms with Crippen molar-refractivity contribution in [3.63, 3.8) is 0 Å². The van der Waals surface area contributed by atoms with E-state index in [4.69, 9.17) is 4.98 Å². The molecule has 0 unspecified atom stereocenters. The van der Waals surface area contributed by atoms with Gasteiger partial charge in [0.05, 0.1) is 11.2 Å². The molecule has 0 saturated carbocycles. The molecule has 0 spiro atoms. The van der Waals surface area contributed by atoms with Crippen LogP contribution in [0.4, 0.5) is 0 Å². The van der Waals surface area contributed by atoms with Crippen molar-refractivity contribution in [2.24, 2.45) is 0 Å². The third-order valence-corrected chi connectivity index (χ3v) is 5.12. The molecule has 2 aromatic carbocycles. The number of rotatable bonds is 1. The topological polar surface area (TPSA) is 16.1 Å². The van der Waals surface area contributed by atoms with Gasteiger partial charge in [0.2, 0.25) is 0 Å². The molecule has 1 aliphatic rings. The summed E-state index contributed by atoms with van der Waals surface area (Å²) in [6.45, 7) is 4.68. The summed E-state index contributed by atoms with van der Waals surface area (Å²) in [6.07, 6.45) is 0. The van der Waals surface area contributed by atoms with Gasteiger partial charge in [-0.1, -0.05) is 56.3 Å². The van der Waals surface area contributed by atoms with E-state index in [2.05, 4.69) is 87.4 Å². The number of likely N-dealkylation sites (N-methyl/N-ethyl adjacent to an activating group) is 1. The van der Waals surface area contributed by atoms with E-state index in [0.29, 0.717) is 6.04 Å². The number of pyridine rings is 1. The molecule has 116 valence electrons. The van der Waals surface area contributed by atoms with Crippen LogP contribution in [0.1, 0.15) is 31.0 Å². The summed E-state index contributed by atoms with van der Waals surface area (Å²) in [5.74, 6) is 0. The quantitative estimate of drug-likeness (QED) is 0.642. The van der Waals surface area contributed by atoms with Crippen LogP contribution in [-0.2, 0) is 5.41 Å². The van der Waals surface area contributed by atoms with Crippen molar-refractivity contribution >= 4 is 10.9 Å². The van der Waals surface area contributed by atoms with Crippen molar-refractivity contribution in [2.75, 3.05) is 14.1 Å². The molecular weight excluding hydrogens is 280 g/mol. The maximum Gasteiger partial charge on any atom is 0.0760 e. The second-order valence-corrected chi connectivity index (χ2v) is 7.25. The van der Waals surface area contributed by atoms with E-state index in [-0.39, 0.29) is 5.41 Å². The lowest BCUT2D eigenvalue weighted by atomic mass is 9.67. The third-order valence-electron chi connectivity index (χ3n) is 5.12. The first-order valence-corrected chi connectivity index (χ1v) is 8.16. The maximum absolute atomic E-state index is 5.03. The molecule has 1 heterocycles. The van der Waals surface area contributed by atoms with Crippen molar-refractivity contribution in [2.45, 2.75) is 25.3 Å². The Balaban J connectivity index is 2.12. The Morgan fingerprint density at radius 2 is 1.65 bits per heavy atom. The zero-order valence-electron chi connectivity index (χ0n) is 14.2. The molecule has 2 heteroatoms. The zero-order chi connectivity index (χ0) is 16.2. The van der Waals surface area contributed by atoms with Gasteiger partial charge < -0.3 is 4.90 Å². The maximum atomic E-state index is 5.03. The molecule has 0 N–H and O–H groups in total. The molecule has 0 aliphatic heterocycles. The molecule has 4 rings (SSSR count). The number of aromatic nitrogens is 1. The normalized spacial score (nSPS) is 18.7. The highest BCUT2D eigenvalue weighted by Gasteiger charge is 2.41. The van der Waals surface area contributed by atoms with E-state index >= 15 is 0 Å². The van der Waals surface area contributed by atoms with Crippen molar-refractivity contribution in [3.8, 4) is 11.3 Å². The lowest BCUT2D eigenvalue weighted by Gasteiger charge is -2.44. The number of hydrogen-bond acceptors (Lipinski definition) is 2. The largest absolute Gasteiger partial charge is 0.301 e. The Hall–Kier alpha value is -2.19. The molecule has 23 heavy (non-hydrogen) atoms. The van der Waals surface area contributed by atoms with Crippen LogP contribution in [0.15, 0.2) is 54.6 Å². The minimum absolute atomic E-state index is 0.0389. The van der Waals surface area contributed by atoms with Crippen LogP contribution >= 0.6 is 0 Å². The molecule has 0 radical (unpaired) electrons. The van der Waals surface area contributed by atoms with E-state index in [1.165, 1.54) is 22.1 Å². The molecule has 0 fully saturated rings. The Bertz CT molecular complexity index is 893. The monoisotopic (exact) mass is 302 g/mol. The van der Waals surface area contributed by atoms with E-state index < -0.39 is 0 Å². The zero-order valence-corrected chi connectivity index (χ0v) is 14.2. The summed E-state index contributed by atoms with van der Waals surface area (Å²) in [4.78, 5) is 7.35. The summed E-state index contributed by atoms with van der Waals surface area (Å²) < 4.78 is 0. The van der Waals surface area contributed by atoms with Crippen LogP contribution in [0.3, 0.4) is 0 Å². The van der Waals surface area contributed by atoms with Crippen LogP contribution < -0.4 is 0 Å². The molecular formula is C21H22N2. The summed E-state index contributed by atoms with van der Waals surface area (Å²) in [5.41, 5.74) is 6.23. The first-order chi connectivity index (χ1) is 11.0. The molecule has 3 aromatic rings. The van der Waals surface area contributed by atoms with Gasteiger partial charge >= 0.3 is 0 Å². The third kappa shape index (κ3) is 2.02. The standard InChI is InChI=1S/C21H22N2/c1-21(2)17-11-7-6-10-15(17)19-16(20(21)23(3)4)13-14-9-5-8-12-18(14)22-19/h5-13,20H,1-4H3/t20-/m1/s1.